The molecule has 3 amide bonds. The number of imide groups is 1. The van der Waals surface area contributed by atoms with E-state index in [1.54, 1.807) is 11.9 Å². The van der Waals surface area contributed by atoms with E-state index in [1.807, 2.05) is 42.5 Å². The van der Waals surface area contributed by atoms with Crippen molar-refractivity contribution >= 4 is 28.9 Å². The number of nitrogens with one attached hydrogen (secondary N) is 1. The van der Waals surface area contributed by atoms with Crippen LogP contribution in [0.3, 0.4) is 0 Å². The fourth-order valence-corrected chi connectivity index (χ4v) is 4.42. The van der Waals surface area contributed by atoms with Gasteiger partial charge in [0, 0.05) is 26.6 Å². The zero-order valence-corrected chi connectivity index (χ0v) is 17.5. The highest BCUT2D eigenvalue weighted by molar-refractivity contribution is 6.00. The lowest BCUT2D eigenvalue weighted by atomic mass is 10.0. The third kappa shape index (κ3) is 3.35. The molecule has 1 unspecified atom stereocenters. The Morgan fingerprint density at radius 2 is 1.75 bits per heavy atom. The zero-order valence-electron chi connectivity index (χ0n) is 17.5. The minimum Gasteiger partial charge on any atom is -0.445 e. The van der Waals surface area contributed by atoms with Crippen molar-refractivity contribution in [2.45, 2.75) is 38.6 Å². The Bertz CT molecular complexity index is 1310. The third-order valence-electron chi connectivity index (χ3n) is 6.12. The highest BCUT2D eigenvalue weighted by atomic mass is 16.6. The Kier molecular flexibility index (Phi) is 4.80. The van der Waals surface area contributed by atoms with Crippen LogP contribution in [-0.4, -0.2) is 31.9 Å². The molecule has 3 heterocycles. The maximum absolute atomic E-state index is 12.9. The standard InChI is InChI=1S/C23H22N4O5/c1-25-18-9-15-11-26(23(31)32-13-14-5-3-2-4-6-14)12-16(15)10-19(18)27(22(25)30)17-7-8-20(28)24-21(17)29/h2-6,9-10,17H,7-8,11-13H2,1H3,(H,24,28,29). The number of aromatic nitrogens is 2. The van der Waals surface area contributed by atoms with Crippen molar-refractivity contribution in [1.29, 1.82) is 0 Å². The van der Waals surface area contributed by atoms with Crippen molar-refractivity contribution in [3.8, 4) is 0 Å². The molecule has 2 aliphatic heterocycles. The second-order valence-electron chi connectivity index (χ2n) is 8.18. The largest absolute Gasteiger partial charge is 0.445 e. The molecular formula is C23H22N4O5. The molecule has 1 fully saturated rings. The molecule has 0 bridgehead atoms. The number of carbonyl (C=O) groups is 3. The van der Waals surface area contributed by atoms with Crippen LogP contribution in [0.5, 0.6) is 0 Å². The Balaban J connectivity index is 1.41. The summed E-state index contributed by atoms with van der Waals surface area (Å²) in [5.41, 5.74) is 3.74. The van der Waals surface area contributed by atoms with Gasteiger partial charge in [-0.15, -0.1) is 0 Å². The molecule has 0 saturated carbocycles. The number of ether oxygens (including phenoxy) is 1. The highest BCUT2D eigenvalue weighted by Gasteiger charge is 2.32. The normalized spacial score (nSPS) is 18.0. The summed E-state index contributed by atoms with van der Waals surface area (Å²) in [5.74, 6) is -0.799. The van der Waals surface area contributed by atoms with Gasteiger partial charge in [0.25, 0.3) is 0 Å². The number of imidazole rings is 1. The molecule has 0 aliphatic carbocycles. The van der Waals surface area contributed by atoms with Gasteiger partial charge < -0.3 is 4.74 Å². The number of aryl methyl sites for hydroxylation is 1. The van der Waals surface area contributed by atoms with Gasteiger partial charge in [-0.1, -0.05) is 30.3 Å². The summed E-state index contributed by atoms with van der Waals surface area (Å²) in [7, 11) is 1.65. The Morgan fingerprint density at radius 1 is 1.06 bits per heavy atom. The molecular weight excluding hydrogens is 412 g/mol. The van der Waals surface area contributed by atoms with Crippen LogP contribution in [0.4, 0.5) is 4.79 Å². The average molecular weight is 434 g/mol. The quantitative estimate of drug-likeness (QED) is 0.635. The van der Waals surface area contributed by atoms with Crippen LogP contribution < -0.4 is 11.0 Å². The first-order valence-electron chi connectivity index (χ1n) is 10.4. The van der Waals surface area contributed by atoms with Gasteiger partial charge in [0.1, 0.15) is 12.6 Å². The van der Waals surface area contributed by atoms with E-state index in [1.165, 1.54) is 9.13 Å². The maximum atomic E-state index is 12.9. The van der Waals surface area contributed by atoms with Gasteiger partial charge >= 0.3 is 11.8 Å². The zero-order chi connectivity index (χ0) is 22.4. The number of nitrogens with zero attached hydrogens (tertiary/aromatic N) is 3. The molecule has 2 aliphatic rings. The van der Waals surface area contributed by atoms with Crippen molar-refractivity contribution in [2.24, 2.45) is 7.05 Å². The molecule has 9 nitrogen and oxygen atoms in total. The van der Waals surface area contributed by atoms with E-state index in [0.717, 1.165) is 16.7 Å². The molecule has 164 valence electrons. The first-order chi connectivity index (χ1) is 15.4. The minimum absolute atomic E-state index is 0.186. The molecule has 1 N–H and O–H groups in total. The summed E-state index contributed by atoms with van der Waals surface area (Å²) >= 11 is 0. The SMILES string of the molecule is Cn1c(=O)n(C2CCC(=O)NC2=O)c2cc3c(cc21)CN(C(=O)OCc1ccccc1)C3. The van der Waals surface area contributed by atoms with E-state index in [9.17, 15) is 19.2 Å². The fourth-order valence-electron chi connectivity index (χ4n) is 4.42. The Labute approximate surface area is 183 Å². The molecule has 3 aromatic rings. The first-order valence-corrected chi connectivity index (χ1v) is 10.4. The first kappa shape index (κ1) is 20.0. The van der Waals surface area contributed by atoms with Crippen molar-refractivity contribution in [1.82, 2.24) is 19.4 Å². The number of piperidine rings is 1. The fraction of sp³-hybridized carbons (Fsp3) is 0.304. The van der Waals surface area contributed by atoms with E-state index in [4.69, 9.17) is 4.74 Å². The van der Waals surface area contributed by atoms with Crippen molar-refractivity contribution in [2.75, 3.05) is 0 Å². The van der Waals surface area contributed by atoms with Crippen LogP contribution in [0.15, 0.2) is 47.3 Å². The molecule has 5 rings (SSSR count). The maximum Gasteiger partial charge on any atom is 0.410 e. The summed E-state index contributed by atoms with van der Waals surface area (Å²) in [6.45, 7) is 0.942. The third-order valence-corrected chi connectivity index (χ3v) is 6.12. The number of benzene rings is 2. The van der Waals surface area contributed by atoms with E-state index in [0.29, 0.717) is 24.1 Å². The molecule has 0 radical (unpaired) electrons. The van der Waals surface area contributed by atoms with Crippen LogP contribution in [0, 0.1) is 0 Å². The average Bonchev–Trinajstić information content (AvgIpc) is 3.31. The summed E-state index contributed by atoms with van der Waals surface area (Å²) in [5, 5.41) is 2.31. The van der Waals surface area contributed by atoms with Gasteiger partial charge in [-0.2, -0.15) is 0 Å². The van der Waals surface area contributed by atoms with Crippen molar-refractivity contribution < 1.29 is 19.1 Å². The lowest BCUT2D eigenvalue weighted by Gasteiger charge is -2.22. The summed E-state index contributed by atoms with van der Waals surface area (Å²) < 4.78 is 8.40. The smallest absolute Gasteiger partial charge is 0.410 e. The van der Waals surface area contributed by atoms with Crippen LogP contribution in [0.1, 0.15) is 35.6 Å². The molecule has 32 heavy (non-hydrogen) atoms. The van der Waals surface area contributed by atoms with E-state index in [-0.39, 0.29) is 31.0 Å². The molecule has 1 atom stereocenters. The van der Waals surface area contributed by atoms with Crippen LogP contribution in [0.25, 0.3) is 11.0 Å². The molecule has 1 aromatic heterocycles. The number of fused-ring (bicyclic) bond motifs is 2. The predicted molar refractivity (Wildman–Crippen MR) is 114 cm³/mol. The van der Waals surface area contributed by atoms with Gasteiger partial charge in [-0.25, -0.2) is 9.59 Å². The second kappa shape index (κ2) is 7.67. The highest BCUT2D eigenvalue weighted by Crippen LogP contribution is 2.30. The van der Waals surface area contributed by atoms with Gasteiger partial charge in [0.05, 0.1) is 11.0 Å². The number of hydrogen-bond donors (Lipinski definition) is 1. The molecule has 1 saturated heterocycles. The Hall–Kier alpha value is -3.88. The van der Waals surface area contributed by atoms with E-state index in [2.05, 4.69) is 5.32 Å². The van der Waals surface area contributed by atoms with Crippen LogP contribution >= 0.6 is 0 Å². The van der Waals surface area contributed by atoms with Gasteiger partial charge in [-0.05, 0) is 35.2 Å². The van der Waals surface area contributed by atoms with E-state index >= 15 is 0 Å². The van der Waals surface area contributed by atoms with Gasteiger partial charge in [0.2, 0.25) is 11.8 Å². The molecule has 0 spiro atoms. The van der Waals surface area contributed by atoms with Gasteiger partial charge in [-0.3, -0.25) is 28.9 Å². The lowest BCUT2D eigenvalue weighted by molar-refractivity contribution is -0.135. The number of carbonyl (C=O) groups excluding carboxylic acids is 3. The topological polar surface area (TPSA) is 103 Å². The van der Waals surface area contributed by atoms with Crippen molar-refractivity contribution in [3.63, 3.8) is 0 Å². The minimum atomic E-state index is -0.740. The number of amides is 3. The van der Waals surface area contributed by atoms with Crippen LogP contribution in [-0.2, 0) is 41.1 Å². The number of rotatable bonds is 3. The second-order valence-corrected chi connectivity index (χ2v) is 8.18. The lowest BCUT2D eigenvalue weighted by Crippen LogP contribution is -2.44. The monoisotopic (exact) mass is 434 g/mol. The van der Waals surface area contributed by atoms with Crippen LogP contribution in [0.2, 0.25) is 0 Å². The molecule has 9 heteroatoms. The summed E-state index contributed by atoms with van der Waals surface area (Å²) in [6.07, 6.45) is 0.0564. The van der Waals surface area contributed by atoms with E-state index < -0.39 is 18.0 Å². The summed E-state index contributed by atoms with van der Waals surface area (Å²) in [4.78, 5) is 51.0. The van der Waals surface area contributed by atoms with Crippen molar-refractivity contribution in [3.05, 3.63) is 69.6 Å². The molecule has 2 aromatic carbocycles. The summed E-state index contributed by atoms with van der Waals surface area (Å²) in [6, 6.07) is 12.5. The number of hydrogen-bond acceptors (Lipinski definition) is 5. The van der Waals surface area contributed by atoms with Gasteiger partial charge in [0.15, 0.2) is 0 Å². The predicted octanol–water partition coefficient (Wildman–Crippen LogP) is 1.97. The Morgan fingerprint density at radius 3 is 2.44 bits per heavy atom.